The molecule has 1 aromatic heterocycles. The van der Waals surface area contributed by atoms with Crippen molar-refractivity contribution in [1.29, 1.82) is 0 Å². The van der Waals surface area contributed by atoms with Crippen LogP contribution in [-0.4, -0.2) is 5.24 Å². The molecule has 0 aliphatic rings. The molecule has 4 heteroatoms. The molecule has 1 rings (SSSR count). The lowest BCUT2D eigenvalue weighted by Crippen LogP contribution is -1.82. The molecule has 0 aliphatic carbocycles. The Morgan fingerprint density at radius 2 is 2.27 bits per heavy atom. The van der Waals surface area contributed by atoms with E-state index in [-0.39, 0.29) is 5.03 Å². The Kier molecular flexibility index (Phi) is 3.12. The molecule has 11 heavy (non-hydrogen) atoms. The molecule has 58 valence electrons. The second kappa shape index (κ2) is 3.90. The van der Waals surface area contributed by atoms with Crippen molar-refractivity contribution in [2.45, 2.75) is 0 Å². The van der Waals surface area contributed by atoms with Crippen molar-refractivity contribution in [3.05, 3.63) is 27.4 Å². The lowest BCUT2D eigenvalue weighted by Gasteiger charge is -1.86. The first kappa shape index (κ1) is 8.78. The molecule has 0 N–H and O–H groups in total. The van der Waals surface area contributed by atoms with Gasteiger partial charge >= 0.3 is 0 Å². The molecule has 0 saturated carbocycles. The van der Waals surface area contributed by atoms with E-state index in [0.29, 0.717) is 0 Å². The molecule has 0 atom stereocenters. The highest BCUT2D eigenvalue weighted by Crippen LogP contribution is 2.16. The van der Waals surface area contributed by atoms with Gasteiger partial charge in [0.2, 0.25) is 0 Å². The zero-order valence-corrected chi connectivity index (χ0v) is 7.71. The van der Waals surface area contributed by atoms with Crippen LogP contribution in [0.25, 0.3) is 6.08 Å². The number of hydrogen-bond acceptors (Lipinski definition) is 2. The number of halogens is 2. The van der Waals surface area contributed by atoms with E-state index in [0.717, 1.165) is 4.88 Å². The first-order chi connectivity index (χ1) is 5.20. The lowest BCUT2D eigenvalue weighted by molar-refractivity contribution is -0.107. The predicted molar refractivity (Wildman–Crippen MR) is 49.0 cm³/mol. The number of carbonyl (C=O) groups is 1. The number of hydrogen-bond donors (Lipinski definition) is 0. The SMILES string of the molecule is O=C(Cl)/C(Cl)=C/c1cccs1. The zero-order chi connectivity index (χ0) is 8.27. The molecular weight excluding hydrogens is 203 g/mol. The molecule has 0 fully saturated rings. The van der Waals surface area contributed by atoms with Gasteiger partial charge in [-0.05, 0) is 29.1 Å². The summed E-state index contributed by atoms with van der Waals surface area (Å²) in [4.78, 5) is 11.4. The Hall–Kier alpha value is -0.310. The van der Waals surface area contributed by atoms with Crippen LogP contribution in [0.4, 0.5) is 0 Å². The van der Waals surface area contributed by atoms with Crippen LogP contribution < -0.4 is 0 Å². The van der Waals surface area contributed by atoms with E-state index >= 15 is 0 Å². The third kappa shape index (κ3) is 2.66. The highest BCUT2D eigenvalue weighted by Gasteiger charge is 2.01. The first-order valence-electron chi connectivity index (χ1n) is 2.80. The molecule has 0 radical (unpaired) electrons. The van der Waals surface area contributed by atoms with Crippen LogP contribution in [0.1, 0.15) is 4.88 Å². The van der Waals surface area contributed by atoms with Gasteiger partial charge < -0.3 is 0 Å². The fourth-order valence-electron chi connectivity index (χ4n) is 0.555. The molecule has 0 amide bonds. The summed E-state index contributed by atoms with van der Waals surface area (Å²) < 4.78 is 0. The van der Waals surface area contributed by atoms with Crippen molar-refractivity contribution in [2.75, 3.05) is 0 Å². The Balaban J connectivity index is 2.82. The summed E-state index contributed by atoms with van der Waals surface area (Å²) in [6.45, 7) is 0. The normalized spacial score (nSPS) is 11.6. The Morgan fingerprint density at radius 1 is 1.55 bits per heavy atom. The van der Waals surface area contributed by atoms with Crippen molar-refractivity contribution in [3.63, 3.8) is 0 Å². The van der Waals surface area contributed by atoms with Crippen LogP contribution in [0, 0.1) is 0 Å². The second-order valence-electron chi connectivity index (χ2n) is 1.78. The topological polar surface area (TPSA) is 17.1 Å². The standard InChI is InChI=1S/C7H4Cl2OS/c8-6(7(9)10)4-5-2-1-3-11-5/h1-4H/b6-4-. The van der Waals surface area contributed by atoms with Crippen molar-refractivity contribution >= 4 is 45.9 Å². The molecular formula is C7H4Cl2OS. The van der Waals surface area contributed by atoms with Crippen LogP contribution in [-0.2, 0) is 4.79 Å². The maximum atomic E-state index is 10.4. The molecule has 1 aromatic rings. The molecule has 0 aliphatic heterocycles. The van der Waals surface area contributed by atoms with E-state index in [4.69, 9.17) is 23.2 Å². The number of rotatable bonds is 2. The molecule has 1 heterocycles. The van der Waals surface area contributed by atoms with E-state index in [9.17, 15) is 4.79 Å². The third-order valence-electron chi connectivity index (χ3n) is 1.000. The van der Waals surface area contributed by atoms with Crippen LogP contribution in [0.15, 0.2) is 22.5 Å². The third-order valence-corrected chi connectivity index (χ3v) is 2.40. The van der Waals surface area contributed by atoms with Gasteiger partial charge in [-0.1, -0.05) is 17.7 Å². The van der Waals surface area contributed by atoms with Gasteiger partial charge in [-0.2, -0.15) is 0 Å². The smallest absolute Gasteiger partial charge is 0.263 e. The summed E-state index contributed by atoms with van der Waals surface area (Å²) in [5.74, 6) is 0. The van der Waals surface area contributed by atoms with E-state index < -0.39 is 5.24 Å². The average molecular weight is 207 g/mol. The number of carbonyl (C=O) groups excluding carboxylic acids is 1. The van der Waals surface area contributed by atoms with Gasteiger partial charge in [0.1, 0.15) is 5.03 Å². The van der Waals surface area contributed by atoms with Gasteiger partial charge in [0.05, 0.1) is 0 Å². The fourth-order valence-corrected chi connectivity index (χ4v) is 1.45. The predicted octanol–water partition coefficient (Wildman–Crippen LogP) is 3.09. The molecule has 0 aromatic carbocycles. The minimum Gasteiger partial charge on any atom is -0.275 e. The largest absolute Gasteiger partial charge is 0.275 e. The van der Waals surface area contributed by atoms with Crippen LogP contribution in [0.3, 0.4) is 0 Å². The summed E-state index contributed by atoms with van der Waals surface area (Å²) in [5.41, 5.74) is 0. The number of allylic oxidation sites excluding steroid dienone is 1. The van der Waals surface area contributed by atoms with Gasteiger partial charge in [-0.3, -0.25) is 4.79 Å². The van der Waals surface area contributed by atoms with E-state index in [1.807, 2.05) is 17.5 Å². The maximum absolute atomic E-state index is 10.4. The molecule has 0 spiro atoms. The highest BCUT2D eigenvalue weighted by atomic mass is 35.5. The van der Waals surface area contributed by atoms with Crippen LogP contribution in [0.5, 0.6) is 0 Å². The zero-order valence-electron chi connectivity index (χ0n) is 5.38. The maximum Gasteiger partial charge on any atom is 0.263 e. The average Bonchev–Trinajstić information content (AvgIpc) is 2.39. The van der Waals surface area contributed by atoms with E-state index in [1.54, 1.807) is 6.08 Å². The van der Waals surface area contributed by atoms with Gasteiger partial charge in [-0.15, -0.1) is 11.3 Å². The van der Waals surface area contributed by atoms with E-state index in [2.05, 4.69) is 0 Å². The fraction of sp³-hybridized carbons (Fsp3) is 0. The van der Waals surface area contributed by atoms with Crippen LogP contribution >= 0.6 is 34.5 Å². The van der Waals surface area contributed by atoms with Gasteiger partial charge in [0, 0.05) is 4.88 Å². The van der Waals surface area contributed by atoms with Crippen molar-refractivity contribution in [2.24, 2.45) is 0 Å². The summed E-state index contributed by atoms with van der Waals surface area (Å²) >= 11 is 12.1. The van der Waals surface area contributed by atoms with E-state index in [1.165, 1.54) is 11.3 Å². The quantitative estimate of drug-likeness (QED) is 0.537. The van der Waals surface area contributed by atoms with Crippen molar-refractivity contribution < 1.29 is 4.79 Å². The van der Waals surface area contributed by atoms with Crippen molar-refractivity contribution in [3.8, 4) is 0 Å². The molecule has 0 saturated heterocycles. The summed E-state index contributed by atoms with van der Waals surface area (Å²) in [5, 5.41) is 1.32. The highest BCUT2D eigenvalue weighted by molar-refractivity contribution is 7.11. The summed E-state index contributed by atoms with van der Waals surface area (Å²) in [6.07, 6.45) is 1.54. The first-order valence-corrected chi connectivity index (χ1v) is 4.44. The van der Waals surface area contributed by atoms with Gasteiger partial charge in [0.25, 0.3) is 5.24 Å². The van der Waals surface area contributed by atoms with Crippen LogP contribution in [0.2, 0.25) is 0 Å². The Morgan fingerprint density at radius 3 is 2.73 bits per heavy atom. The summed E-state index contributed by atoms with van der Waals surface area (Å²) in [7, 11) is 0. The molecule has 1 nitrogen and oxygen atoms in total. The van der Waals surface area contributed by atoms with Crippen molar-refractivity contribution in [1.82, 2.24) is 0 Å². The Labute approximate surface area is 78.2 Å². The van der Waals surface area contributed by atoms with Gasteiger partial charge in [-0.25, -0.2) is 0 Å². The monoisotopic (exact) mass is 206 g/mol. The minimum absolute atomic E-state index is 0.0501. The summed E-state index contributed by atoms with van der Waals surface area (Å²) in [6, 6.07) is 3.73. The van der Waals surface area contributed by atoms with Gasteiger partial charge in [0.15, 0.2) is 0 Å². The molecule has 0 unspecified atom stereocenters. The second-order valence-corrected chi connectivity index (χ2v) is 3.51. The number of thiophene rings is 1. The Bertz CT molecular complexity index is 277. The lowest BCUT2D eigenvalue weighted by atomic mass is 10.4. The minimum atomic E-state index is -0.625. The molecule has 0 bridgehead atoms.